The largest absolute Gasteiger partial charge is 0.492 e. The maximum absolute atomic E-state index is 13.5. The normalized spacial score (nSPS) is 32.4. The molecule has 6 N–H and O–H groups in total. The highest BCUT2D eigenvalue weighted by molar-refractivity contribution is 6.25. The minimum absolute atomic E-state index is 0.0662. The average Bonchev–Trinajstić information content (AvgIpc) is 2.92. The first-order valence-electron chi connectivity index (χ1n) is 13.2. The van der Waals surface area contributed by atoms with Crippen LogP contribution in [0.3, 0.4) is 0 Å². The summed E-state index contributed by atoms with van der Waals surface area (Å²) in [6.07, 6.45) is 2.29. The van der Waals surface area contributed by atoms with Crippen molar-refractivity contribution in [3.8, 4) is 0 Å². The summed E-state index contributed by atoms with van der Waals surface area (Å²) in [6.45, 7) is 6.84. The Morgan fingerprint density at radius 1 is 1.07 bits per heavy atom. The number of allylic oxidation sites excluding steroid dienone is 3. The van der Waals surface area contributed by atoms with E-state index in [4.69, 9.17) is 30.4 Å². The van der Waals surface area contributed by atoms with Crippen LogP contribution < -0.4 is 16.8 Å². The van der Waals surface area contributed by atoms with Crippen LogP contribution in [0, 0.1) is 11.8 Å². The first-order chi connectivity index (χ1) is 19.3. The zero-order valence-corrected chi connectivity index (χ0v) is 24.6. The molecule has 226 valence electrons. The van der Waals surface area contributed by atoms with E-state index in [9.17, 15) is 24.3 Å². The topological polar surface area (TPSA) is 190 Å². The number of ketones is 2. The average molecular weight is 576 g/mol. The number of amides is 2. The van der Waals surface area contributed by atoms with Crippen molar-refractivity contribution in [2.75, 3.05) is 21.3 Å². The second-order valence-corrected chi connectivity index (χ2v) is 10.3. The minimum Gasteiger partial charge on any atom is -0.492 e. The third-order valence-corrected chi connectivity index (χ3v) is 7.14. The number of carbonyl (C=O) groups is 4. The number of hydrogen-bond donors (Lipinski definition) is 4. The lowest BCUT2D eigenvalue weighted by atomic mass is 9.85. The lowest BCUT2D eigenvalue weighted by molar-refractivity contribution is -0.121. The Kier molecular flexibility index (Phi) is 12.1. The number of primary amides is 1. The highest BCUT2D eigenvalue weighted by Crippen LogP contribution is 2.30. The van der Waals surface area contributed by atoms with Crippen LogP contribution in [0.1, 0.15) is 40.5 Å². The van der Waals surface area contributed by atoms with Crippen molar-refractivity contribution in [2.45, 2.75) is 65.0 Å². The molecule has 0 fully saturated rings. The van der Waals surface area contributed by atoms with E-state index < -0.39 is 59.6 Å². The van der Waals surface area contributed by atoms with Crippen LogP contribution in [-0.4, -0.2) is 74.4 Å². The monoisotopic (exact) mass is 575 g/mol. The van der Waals surface area contributed by atoms with Gasteiger partial charge in [0.25, 0.3) is 5.91 Å². The highest BCUT2D eigenvalue weighted by Gasteiger charge is 2.37. The van der Waals surface area contributed by atoms with Gasteiger partial charge in [0, 0.05) is 31.3 Å². The second-order valence-electron chi connectivity index (χ2n) is 10.3. The summed E-state index contributed by atoms with van der Waals surface area (Å²) in [7, 11) is 4.15. The van der Waals surface area contributed by atoms with Gasteiger partial charge in [0.05, 0.1) is 19.3 Å². The van der Waals surface area contributed by atoms with Crippen molar-refractivity contribution >= 4 is 23.6 Å². The van der Waals surface area contributed by atoms with Gasteiger partial charge in [0.15, 0.2) is 11.9 Å². The van der Waals surface area contributed by atoms with E-state index in [1.54, 1.807) is 26.0 Å². The van der Waals surface area contributed by atoms with E-state index in [2.05, 4.69) is 5.32 Å². The summed E-state index contributed by atoms with van der Waals surface area (Å²) < 4.78 is 21.7. The molecule has 41 heavy (non-hydrogen) atoms. The van der Waals surface area contributed by atoms with Crippen LogP contribution in [0.25, 0.3) is 0 Å². The number of aliphatic hydroxyl groups is 1. The number of nitrogens with two attached hydrogens (primary N) is 2. The molecule has 0 saturated heterocycles. The summed E-state index contributed by atoms with van der Waals surface area (Å²) in [6, 6.07) is 0. The fourth-order valence-corrected chi connectivity index (χ4v) is 4.87. The molecule has 2 amide bonds. The van der Waals surface area contributed by atoms with Gasteiger partial charge in [-0.3, -0.25) is 14.4 Å². The Morgan fingerprint density at radius 3 is 2.29 bits per heavy atom. The van der Waals surface area contributed by atoms with Crippen LogP contribution in [0.5, 0.6) is 0 Å². The van der Waals surface area contributed by atoms with Gasteiger partial charge < -0.3 is 40.8 Å². The summed E-state index contributed by atoms with van der Waals surface area (Å²) in [5.74, 6) is -2.92. The van der Waals surface area contributed by atoms with E-state index in [1.165, 1.54) is 40.4 Å². The molecule has 1 aliphatic carbocycles. The maximum atomic E-state index is 13.5. The van der Waals surface area contributed by atoms with Gasteiger partial charge in [-0.2, -0.15) is 0 Å². The van der Waals surface area contributed by atoms with Gasteiger partial charge >= 0.3 is 6.09 Å². The summed E-state index contributed by atoms with van der Waals surface area (Å²) in [5.41, 5.74) is 11.3. The molecule has 0 saturated carbocycles. The number of methoxy groups -OCH3 is 3. The molecule has 2 bridgehead atoms. The van der Waals surface area contributed by atoms with Crippen molar-refractivity contribution in [1.82, 2.24) is 5.32 Å². The van der Waals surface area contributed by atoms with Crippen LogP contribution in [0.2, 0.25) is 0 Å². The highest BCUT2D eigenvalue weighted by atomic mass is 16.6. The van der Waals surface area contributed by atoms with Crippen LogP contribution in [0.15, 0.2) is 58.2 Å². The first-order valence-corrected chi connectivity index (χ1v) is 13.2. The zero-order valence-electron chi connectivity index (χ0n) is 24.6. The van der Waals surface area contributed by atoms with Crippen LogP contribution in [-0.2, 0) is 33.3 Å². The third kappa shape index (κ3) is 8.15. The van der Waals surface area contributed by atoms with Crippen LogP contribution >= 0.6 is 0 Å². The summed E-state index contributed by atoms with van der Waals surface area (Å²) in [4.78, 5) is 51.1. The fraction of sp³-hybridized carbons (Fsp3) is 0.517. The Bertz CT molecular complexity index is 1200. The van der Waals surface area contributed by atoms with Crippen LogP contribution in [0.4, 0.5) is 4.79 Å². The Morgan fingerprint density at radius 2 is 1.73 bits per heavy atom. The third-order valence-electron chi connectivity index (χ3n) is 7.14. The van der Waals surface area contributed by atoms with Crippen molar-refractivity contribution in [1.29, 1.82) is 0 Å². The molecule has 2 aliphatic rings. The van der Waals surface area contributed by atoms with Gasteiger partial charge in [-0.1, -0.05) is 38.2 Å². The van der Waals surface area contributed by atoms with E-state index in [-0.39, 0.29) is 34.9 Å². The zero-order chi connectivity index (χ0) is 31.0. The van der Waals surface area contributed by atoms with Gasteiger partial charge in [-0.25, -0.2) is 4.79 Å². The standard InChI is InChI=1S/C29H41N3O9/c1-14-11-18-24(34)22(21(30)25(35)27(18)40-7)32-28(36)15(2)9-8-10-19(38-5)26(41-29(31)37)17(4)13-16(3)23(33)20(12-14)39-6/h8-10,13-14,16,19-20,23,26,33H,11-12,30H2,1-7H3,(H2,31,37)(H,32,36)/b10-8-,15-9+,17-13+/t14-,16+,19+,20+,23-,26+/m1/s1. The number of rotatable bonds is 4. The minimum atomic E-state index is -1.01. The number of ether oxygens (including phenoxy) is 4. The lowest BCUT2D eigenvalue weighted by Crippen LogP contribution is -2.39. The van der Waals surface area contributed by atoms with Gasteiger partial charge in [0.2, 0.25) is 11.6 Å². The van der Waals surface area contributed by atoms with Crippen molar-refractivity contribution in [3.05, 3.63) is 58.2 Å². The van der Waals surface area contributed by atoms with Gasteiger partial charge in [-0.15, -0.1) is 0 Å². The van der Waals surface area contributed by atoms with Gasteiger partial charge in [-0.05, 0) is 38.2 Å². The molecule has 2 rings (SSSR count). The van der Waals surface area contributed by atoms with Crippen molar-refractivity contribution in [2.24, 2.45) is 23.3 Å². The fourth-order valence-electron chi connectivity index (χ4n) is 4.87. The van der Waals surface area contributed by atoms with Crippen molar-refractivity contribution < 1.29 is 43.2 Å². The Balaban J connectivity index is 2.65. The number of carbonyl (C=O) groups excluding carboxylic acids is 4. The Labute approximate surface area is 240 Å². The molecular formula is C29H41N3O9. The molecule has 0 unspecified atom stereocenters. The predicted octanol–water partition coefficient (Wildman–Crippen LogP) is 1.69. The van der Waals surface area contributed by atoms with E-state index in [0.717, 1.165) is 0 Å². The number of hydrogen-bond acceptors (Lipinski definition) is 10. The molecule has 12 heteroatoms. The molecular weight excluding hydrogens is 534 g/mol. The quantitative estimate of drug-likeness (QED) is 0.283. The maximum Gasteiger partial charge on any atom is 0.405 e. The number of aliphatic hydroxyl groups excluding tert-OH is 1. The second kappa shape index (κ2) is 14.8. The van der Waals surface area contributed by atoms with E-state index in [0.29, 0.717) is 12.0 Å². The lowest BCUT2D eigenvalue weighted by Gasteiger charge is -2.30. The Hall–Kier alpha value is -3.74. The first kappa shape index (κ1) is 33.5. The van der Waals surface area contributed by atoms with Gasteiger partial charge in [0.1, 0.15) is 17.5 Å². The molecule has 1 aliphatic heterocycles. The number of fused-ring (bicyclic) bond motifs is 2. The molecule has 1 heterocycles. The summed E-state index contributed by atoms with van der Waals surface area (Å²) in [5, 5.41) is 13.6. The molecule has 0 aromatic carbocycles. The number of Topliss-reactive ketones (excluding diaryl/α,β-unsaturated/α-hetero) is 2. The predicted molar refractivity (Wildman–Crippen MR) is 150 cm³/mol. The molecule has 6 atom stereocenters. The molecule has 0 radical (unpaired) electrons. The van der Waals surface area contributed by atoms with E-state index in [1.807, 2.05) is 6.92 Å². The molecule has 0 aromatic rings. The molecule has 0 spiro atoms. The molecule has 0 aromatic heterocycles. The molecule has 12 nitrogen and oxygen atoms in total. The van der Waals surface area contributed by atoms with E-state index >= 15 is 0 Å². The SMILES string of the molecule is COC1=C2C[C@@H](C)C[C@H](OC)[C@H](O)[C@@H](C)/C=C(\C)[C@H](OC(N)=O)[C@@H](OC)/C=C\C=C(/C)C(=O)NC(=C(N)C1=O)C2=O. The summed E-state index contributed by atoms with van der Waals surface area (Å²) >= 11 is 0. The smallest absolute Gasteiger partial charge is 0.405 e. The number of nitrogens with one attached hydrogen (secondary N) is 1. The van der Waals surface area contributed by atoms with Crippen molar-refractivity contribution in [3.63, 3.8) is 0 Å².